The summed E-state index contributed by atoms with van der Waals surface area (Å²) in [6.45, 7) is 1.30. The number of aromatic nitrogens is 4. The normalized spacial score (nSPS) is 31.8. The molecule has 11 nitrogen and oxygen atoms in total. The molecule has 4 heterocycles. The number of rotatable bonds is 5. The summed E-state index contributed by atoms with van der Waals surface area (Å²) in [5.41, 5.74) is 5.15. The van der Waals surface area contributed by atoms with E-state index in [0.717, 1.165) is 18.2 Å². The van der Waals surface area contributed by atoms with E-state index in [1.54, 1.807) is 6.92 Å². The number of aliphatic hydroxyl groups is 1. The monoisotopic (exact) mass is 497 g/mol. The number of imidazole rings is 1. The standard InChI is InChI=1S/C20H22F2N5O6P/c1-20(28)7-12(32-19(20)27-10-26-16-17(23)24-9-25-18(16)27)8-31-34(29)30-5-4-15(33-34)13-6-11(21)2-3-14(13)22/h2-3,6,9-10,12,15,19,28H,4-5,7-8H2,1H3,(H2,23,24,25)/t12-,15-,19+,20+,34?/m0/s1. The fourth-order valence-corrected chi connectivity index (χ4v) is 5.57. The van der Waals surface area contributed by atoms with Crippen LogP contribution >= 0.6 is 7.82 Å². The van der Waals surface area contributed by atoms with Crippen molar-refractivity contribution in [1.29, 1.82) is 0 Å². The SMILES string of the molecule is C[C@@]1(O)C[C@@H](COP2(=O)OCC[C@@H](c3cc(F)ccc3F)O2)O[C@H]1n1cnc2c(N)ncnc21. The van der Waals surface area contributed by atoms with E-state index in [-0.39, 0.29) is 37.4 Å². The Morgan fingerprint density at radius 3 is 3.00 bits per heavy atom. The van der Waals surface area contributed by atoms with Gasteiger partial charge in [0.15, 0.2) is 17.7 Å². The van der Waals surface area contributed by atoms with Crippen LogP contribution in [0, 0.1) is 11.6 Å². The van der Waals surface area contributed by atoms with Crippen LogP contribution in [0.25, 0.3) is 11.2 Å². The fraction of sp³-hybridized carbons (Fsp3) is 0.450. The van der Waals surface area contributed by atoms with E-state index in [9.17, 15) is 18.5 Å². The second kappa shape index (κ2) is 8.59. The molecule has 2 fully saturated rings. The summed E-state index contributed by atoms with van der Waals surface area (Å²) in [5, 5.41) is 11.0. The first-order valence-corrected chi connectivity index (χ1v) is 11.9. The van der Waals surface area contributed by atoms with Gasteiger partial charge in [-0.25, -0.2) is 28.3 Å². The van der Waals surface area contributed by atoms with E-state index < -0.39 is 43.5 Å². The van der Waals surface area contributed by atoms with Crippen LogP contribution in [0.4, 0.5) is 14.6 Å². The number of nitrogens with two attached hydrogens (primary N) is 1. The Bertz CT molecular complexity index is 1270. The van der Waals surface area contributed by atoms with E-state index in [1.165, 1.54) is 17.2 Å². The van der Waals surface area contributed by atoms with Gasteiger partial charge in [-0.3, -0.25) is 18.1 Å². The van der Waals surface area contributed by atoms with E-state index in [1.807, 2.05) is 0 Å². The van der Waals surface area contributed by atoms with Crippen LogP contribution in [0.2, 0.25) is 0 Å². The molecular weight excluding hydrogens is 475 g/mol. The summed E-state index contributed by atoms with van der Waals surface area (Å²) in [5.74, 6) is -1.14. The molecule has 2 saturated heterocycles. The van der Waals surface area contributed by atoms with E-state index in [2.05, 4.69) is 15.0 Å². The molecule has 0 aliphatic carbocycles. The molecule has 1 unspecified atom stereocenters. The van der Waals surface area contributed by atoms with Crippen LogP contribution in [-0.2, 0) is 22.9 Å². The second-order valence-electron chi connectivity index (χ2n) is 8.38. The molecule has 3 N–H and O–H groups in total. The molecular formula is C20H22F2N5O6P. The van der Waals surface area contributed by atoms with E-state index >= 15 is 0 Å². The number of nitrogens with zero attached hydrogens (tertiary/aromatic N) is 4. The molecule has 2 aliphatic rings. The minimum absolute atomic E-state index is 0.0358. The first-order chi connectivity index (χ1) is 16.2. The molecule has 2 aromatic heterocycles. The van der Waals surface area contributed by atoms with Crippen molar-refractivity contribution >= 4 is 24.8 Å². The Morgan fingerprint density at radius 2 is 2.18 bits per heavy atom. The summed E-state index contributed by atoms with van der Waals surface area (Å²) < 4.78 is 64.3. The highest BCUT2D eigenvalue weighted by Gasteiger charge is 2.47. The third-order valence-electron chi connectivity index (χ3n) is 5.74. The van der Waals surface area contributed by atoms with Crippen molar-refractivity contribution in [3.05, 3.63) is 48.1 Å². The Balaban J connectivity index is 1.28. The highest BCUT2D eigenvalue weighted by molar-refractivity contribution is 7.48. The van der Waals surface area contributed by atoms with Crippen LogP contribution in [0.15, 0.2) is 30.9 Å². The zero-order valence-electron chi connectivity index (χ0n) is 18.0. The lowest BCUT2D eigenvalue weighted by Gasteiger charge is -2.29. The largest absolute Gasteiger partial charge is 0.475 e. The number of phosphoric ester groups is 1. The van der Waals surface area contributed by atoms with Gasteiger partial charge in [-0.15, -0.1) is 0 Å². The molecule has 5 rings (SSSR count). The molecule has 2 aliphatic heterocycles. The van der Waals surface area contributed by atoms with Crippen LogP contribution in [0.5, 0.6) is 0 Å². The molecule has 0 saturated carbocycles. The maximum absolute atomic E-state index is 14.1. The fourth-order valence-electron chi connectivity index (χ4n) is 4.17. The Morgan fingerprint density at radius 1 is 1.35 bits per heavy atom. The number of benzene rings is 1. The van der Waals surface area contributed by atoms with Crippen molar-refractivity contribution in [2.45, 2.75) is 43.8 Å². The highest BCUT2D eigenvalue weighted by Crippen LogP contribution is 2.57. The number of anilines is 1. The van der Waals surface area contributed by atoms with E-state index in [4.69, 9.17) is 24.0 Å². The van der Waals surface area contributed by atoms with Gasteiger partial charge in [0.1, 0.15) is 29.1 Å². The number of halogens is 2. The van der Waals surface area contributed by atoms with Crippen molar-refractivity contribution in [3.63, 3.8) is 0 Å². The lowest BCUT2D eigenvalue weighted by molar-refractivity contribution is -0.0869. The molecule has 0 bridgehead atoms. The number of hydrogen-bond donors (Lipinski definition) is 2. The van der Waals surface area contributed by atoms with Gasteiger partial charge < -0.3 is 15.6 Å². The average Bonchev–Trinajstić information content (AvgIpc) is 3.35. The number of phosphoric acid groups is 1. The number of hydrogen-bond acceptors (Lipinski definition) is 10. The van der Waals surface area contributed by atoms with Crippen molar-refractivity contribution in [2.75, 3.05) is 18.9 Å². The van der Waals surface area contributed by atoms with Crippen molar-refractivity contribution < 1.29 is 36.8 Å². The molecule has 14 heteroatoms. The highest BCUT2D eigenvalue weighted by atomic mass is 31.2. The molecule has 0 amide bonds. The molecule has 182 valence electrons. The lowest BCUT2D eigenvalue weighted by Crippen LogP contribution is -2.31. The number of nitrogen functional groups attached to an aromatic ring is 1. The third-order valence-corrected chi connectivity index (χ3v) is 7.22. The van der Waals surface area contributed by atoms with Gasteiger partial charge in [-0.05, 0) is 25.1 Å². The zero-order valence-corrected chi connectivity index (χ0v) is 18.9. The zero-order chi connectivity index (χ0) is 24.1. The van der Waals surface area contributed by atoms with Gasteiger partial charge >= 0.3 is 7.82 Å². The summed E-state index contributed by atoms with van der Waals surface area (Å²) in [6.07, 6.45) is 0.429. The predicted molar refractivity (Wildman–Crippen MR) is 113 cm³/mol. The van der Waals surface area contributed by atoms with Crippen LogP contribution < -0.4 is 5.73 Å². The number of ether oxygens (including phenoxy) is 1. The summed E-state index contributed by atoms with van der Waals surface area (Å²) in [6, 6.07) is 2.95. The van der Waals surface area contributed by atoms with Crippen LogP contribution in [0.1, 0.15) is 37.7 Å². The van der Waals surface area contributed by atoms with Gasteiger partial charge in [0, 0.05) is 18.4 Å². The first-order valence-electron chi connectivity index (χ1n) is 10.5. The topological polar surface area (TPSA) is 144 Å². The predicted octanol–water partition coefficient (Wildman–Crippen LogP) is 3.03. The smallest absolute Gasteiger partial charge is 0.385 e. The van der Waals surface area contributed by atoms with Gasteiger partial charge in [0.2, 0.25) is 0 Å². The maximum atomic E-state index is 14.1. The van der Waals surface area contributed by atoms with E-state index in [0.29, 0.717) is 11.2 Å². The van der Waals surface area contributed by atoms with Crippen molar-refractivity contribution in [1.82, 2.24) is 19.5 Å². The molecule has 34 heavy (non-hydrogen) atoms. The minimum atomic E-state index is -4.10. The Hall–Kier alpha value is -2.54. The second-order valence-corrected chi connectivity index (χ2v) is 10.0. The summed E-state index contributed by atoms with van der Waals surface area (Å²) in [4.78, 5) is 12.2. The van der Waals surface area contributed by atoms with Crippen LogP contribution in [0.3, 0.4) is 0 Å². The van der Waals surface area contributed by atoms with Gasteiger partial charge in [0.05, 0.1) is 31.7 Å². The third kappa shape index (κ3) is 4.30. The molecule has 1 aromatic carbocycles. The minimum Gasteiger partial charge on any atom is -0.385 e. The molecule has 0 spiro atoms. The quantitative estimate of drug-likeness (QED) is 0.505. The van der Waals surface area contributed by atoms with Crippen LogP contribution in [-0.4, -0.2) is 49.5 Å². The summed E-state index contributed by atoms with van der Waals surface area (Å²) >= 11 is 0. The Labute approximate surface area is 192 Å². The van der Waals surface area contributed by atoms with Gasteiger partial charge in [-0.1, -0.05) is 0 Å². The summed E-state index contributed by atoms with van der Waals surface area (Å²) in [7, 11) is -4.10. The van der Waals surface area contributed by atoms with Gasteiger partial charge in [0.25, 0.3) is 0 Å². The maximum Gasteiger partial charge on any atom is 0.475 e. The van der Waals surface area contributed by atoms with Crippen molar-refractivity contribution in [2.24, 2.45) is 0 Å². The first kappa shape index (κ1) is 23.2. The lowest BCUT2D eigenvalue weighted by atomic mass is 10.0. The Kier molecular flexibility index (Phi) is 5.87. The average molecular weight is 497 g/mol. The molecule has 3 aromatic rings. The number of fused-ring (bicyclic) bond motifs is 1. The van der Waals surface area contributed by atoms with Gasteiger partial charge in [-0.2, -0.15) is 0 Å². The molecule has 5 atom stereocenters. The molecule has 0 radical (unpaired) electrons. The van der Waals surface area contributed by atoms with Crippen molar-refractivity contribution in [3.8, 4) is 0 Å².